The number of rotatable bonds is 5. The van der Waals surface area contributed by atoms with Gasteiger partial charge in [0.05, 0.1) is 6.61 Å². The zero-order valence-corrected chi connectivity index (χ0v) is 9.94. The molecular formula is C15H16O3. The summed E-state index contributed by atoms with van der Waals surface area (Å²) in [6.07, 6.45) is -1.52. The highest BCUT2D eigenvalue weighted by Gasteiger charge is 2.21. The van der Waals surface area contributed by atoms with Gasteiger partial charge in [-0.3, -0.25) is 0 Å². The largest absolute Gasteiger partial charge is 0.485 e. The molecule has 2 rings (SSSR count). The van der Waals surface area contributed by atoms with Gasteiger partial charge in [0.2, 0.25) is 0 Å². The molecule has 2 aromatic rings. The lowest BCUT2D eigenvalue weighted by molar-refractivity contribution is 0.000776. The van der Waals surface area contributed by atoms with Crippen molar-refractivity contribution in [2.75, 3.05) is 6.61 Å². The number of para-hydroxylation sites is 1. The van der Waals surface area contributed by atoms with Crippen LogP contribution in [0.15, 0.2) is 60.7 Å². The van der Waals surface area contributed by atoms with Gasteiger partial charge < -0.3 is 14.9 Å². The Morgan fingerprint density at radius 1 is 0.889 bits per heavy atom. The molecule has 0 bridgehead atoms. The van der Waals surface area contributed by atoms with Crippen molar-refractivity contribution in [2.24, 2.45) is 0 Å². The molecule has 18 heavy (non-hydrogen) atoms. The number of aliphatic hydroxyl groups is 2. The van der Waals surface area contributed by atoms with Gasteiger partial charge in [-0.25, -0.2) is 0 Å². The van der Waals surface area contributed by atoms with E-state index in [1.807, 2.05) is 48.5 Å². The van der Waals surface area contributed by atoms with Crippen LogP contribution in [0.1, 0.15) is 11.7 Å². The molecule has 2 aromatic carbocycles. The molecule has 0 unspecified atom stereocenters. The molecule has 0 amide bonds. The topological polar surface area (TPSA) is 49.7 Å². The van der Waals surface area contributed by atoms with Crippen LogP contribution in [-0.2, 0) is 0 Å². The normalized spacial score (nSPS) is 13.9. The van der Waals surface area contributed by atoms with Crippen molar-refractivity contribution in [1.29, 1.82) is 0 Å². The predicted molar refractivity (Wildman–Crippen MR) is 69.3 cm³/mol. The van der Waals surface area contributed by atoms with Gasteiger partial charge in [-0.2, -0.15) is 0 Å². The highest BCUT2D eigenvalue weighted by Crippen LogP contribution is 2.21. The van der Waals surface area contributed by atoms with Gasteiger partial charge in [0.1, 0.15) is 11.9 Å². The summed E-state index contributed by atoms with van der Waals surface area (Å²) in [6.45, 7) is -0.245. The van der Waals surface area contributed by atoms with Gasteiger partial charge in [0.25, 0.3) is 0 Å². The zero-order valence-electron chi connectivity index (χ0n) is 9.94. The summed E-state index contributed by atoms with van der Waals surface area (Å²) in [5.41, 5.74) is 0.729. The monoisotopic (exact) mass is 244 g/mol. The first-order valence-corrected chi connectivity index (χ1v) is 5.87. The summed E-state index contributed by atoms with van der Waals surface area (Å²) in [5, 5.41) is 19.5. The maximum absolute atomic E-state index is 10.2. The smallest absolute Gasteiger partial charge is 0.152 e. The standard InChI is InChI=1S/C15H16O3/c16-11-14(18-13-9-5-2-6-10-13)15(17)12-7-3-1-4-8-12/h1-10,14-17H,11H2/t14-,15-/m0/s1. The van der Waals surface area contributed by atoms with E-state index in [9.17, 15) is 10.2 Å². The molecule has 3 nitrogen and oxygen atoms in total. The van der Waals surface area contributed by atoms with Gasteiger partial charge in [0, 0.05) is 0 Å². The van der Waals surface area contributed by atoms with Gasteiger partial charge in [0.15, 0.2) is 6.10 Å². The van der Waals surface area contributed by atoms with Gasteiger partial charge in [-0.15, -0.1) is 0 Å². The third kappa shape index (κ3) is 3.09. The fourth-order valence-electron chi connectivity index (χ4n) is 1.74. The molecule has 0 heterocycles. The van der Waals surface area contributed by atoms with Crippen molar-refractivity contribution in [3.8, 4) is 5.75 Å². The molecule has 0 saturated heterocycles. The number of hydrogen-bond acceptors (Lipinski definition) is 3. The van der Waals surface area contributed by atoms with Crippen molar-refractivity contribution >= 4 is 0 Å². The summed E-state index contributed by atoms with van der Waals surface area (Å²) >= 11 is 0. The molecule has 3 heteroatoms. The minimum Gasteiger partial charge on any atom is -0.485 e. The third-order valence-corrected chi connectivity index (χ3v) is 2.70. The van der Waals surface area contributed by atoms with E-state index in [2.05, 4.69) is 0 Å². The second-order valence-electron chi connectivity index (χ2n) is 4.01. The average Bonchev–Trinajstić information content (AvgIpc) is 2.46. The molecule has 0 saturated carbocycles. The molecule has 0 radical (unpaired) electrons. The van der Waals surface area contributed by atoms with Crippen LogP contribution in [-0.4, -0.2) is 22.9 Å². The van der Waals surface area contributed by atoms with Crippen LogP contribution in [0, 0.1) is 0 Å². The second-order valence-corrected chi connectivity index (χ2v) is 4.01. The van der Waals surface area contributed by atoms with Crippen LogP contribution >= 0.6 is 0 Å². The Kier molecular flexibility index (Phi) is 4.34. The predicted octanol–water partition coefficient (Wildman–Crippen LogP) is 2.16. The summed E-state index contributed by atoms with van der Waals surface area (Å²) in [5.74, 6) is 0.631. The summed E-state index contributed by atoms with van der Waals surface area (Å²) in [6, 6.07) is 18.3. The van der Waals surface area contributed by atoms with Gasteiger partial charge in [-0.05, 0) is 17.7 Å². The molecular weight excluding hydrogens is 228 g/mol. The van der Waals surface area contributed by atoms with E-state index in [1.165, 1.54) is 0 Å². The SMILES string of the molecule is OC[C@H](Oc1ccccc1)[C@@H](O)c1ccccc1. The Morgan fingerprint density at radius 2 is 1.44 bits per heavy atom. The summed E-state index contributed by atoms with van der Waals surface area (Å²) in [4.78, 5) is 0. The van der Waals surface area contributed by atoms with E-state index in [4.69, 9.17) is 4.74 Å². The first kappa shape index (κ1) is 12.6. The van der Waals surface area contributed by atoms with E-state index in [0.717, 1.165) is 5.56 Å². The Hall–Kier alpha value is -1.84. The van der Waals surface area contributed by atoms with Crippen molar-refractivity contribution in [1.82, 2.24) is 0 Å². The van der Waals surface area contributed by atoms with Crippen LogP contribution < -0.4 is 4.74 Å². The highest BCUT2D eigenvalue weighted by molar-refractivity contribution is 5.23. The lowest BCUT2D eigenvalue weighted by Crippen LogP contribution is -2.29. The molecule has 0 aromatic heterocycles. The van der Waals surface area contributed by atoms with Crippen LogP contribution in [0.2, 0.25) is 0 Å². The Balaban J connectivity index is 2.09. The zero-order chi connectivity index (χ0) is 12.8. The van der Waals surface area contributed by atoms with Crippen LogP contribution in [0.5, 0.6) is 5.75 Å². The first-order valence-electron chi connectivity index (χ1n) is 5.87. The van der Waals surface area contributed by atoms with E-state index in [1.54, 1.807) is 12.1 Å². The Bertz CT molecular complexity index is 456. The number of ether oxygens (including phenoxy) is 1. The molecule has 0 spiro atoms. The maximum Gasteiger partial charge on any atom is 0.152 e. The minimum atomic E-state index is -0.851. The van der Waals surface area contributed by atoms with E-state index >= 15 is 0 Å². The van der Waals surface area contributed by atoms with Crippen LogP contribution in [0.3, 0.4) is 0 Å². The number of hydrogen-bond donors (Lipinski definition) is 2. The summed E-state index contributed by atoms with van der Waals surface area (Å²) < 4.78 is 5.58. The van der Waals surface area contributed by atoms with Crippen molar-refractivity contribution in [3.63, 3.8) is 0 Å². The van der Waals surface area contributed by atoms with E-state index in [-0.39, 0.29) is 6.61 Å². The third-order valence-electron chi connectivity index (χ3n) is 2.70. The van der Waals surface area contributed by atoms with E-state index < -0.39 is 12.2 Å². The van der Waals surface area contributed by atoms with Gasteiger partial charge >= 0.3 is 0 Å². The van der Waals surface area contributed by atoms with E-state index in [0.29, 0.717) is 5.75 Å². The molecule has 2 N–H and O–H groups in total. The molecule has 0 aliphatic heterocycles. The summed E-state index contributed by atoms with van der Waals surface area (Å²) in [7, 11) is 0. The van der Waals surface area contributed by atoms with Crippen molar-refractivity contribution in [3.05, 3.63) is 66.2 Å². The fourth-order valence-corrected chi connectivity index (χ4v) is 1.74. The number of benzene rings is 2. The molecule has 0 aliphatic rings. The number of aliphatic hydroxyl groups excluding tert-OH is 2. The van der Waals surface area contributed by atoms with Crippen LogP contribution in [0.25, 0.3) is 0 Å². The van der Waals surface area contributed by atoms with Crippen LogP contribution in [0.4, 0.5) is 0 Å². The lowest BCUT2D eigenvalue weighted by Gasteiger charge is -2.22. The van der Waals surface area contributed by atoms with Crippen molar-refractivity contribution < 1.29 is 14.9 Å². The van der Waals surface area contributed by atoms with Crippen molar-refractivity contribution in [2.45, 2.75) is 12.2 Å². The molecule has 0 aliphatic carbocycles. The molecule has 2 atom stereocenters. The highest BCUT2D eigenvalue weighted by atomic mass is 16.5. The Morgan fingerprint density at radius 3 is 2.00 bits per heavy atom. The maximum atomic E-state index is 10.2. The second kappa shape index (κ2) is 6.19. The van der Waals surface area contributed by atoms with Gasteiger partial charge in [-0.1, -0.05) is 48.5 Å². The quantitative estimate of drug-likeness (QED) is 0.847. The Labute approximate surface area is 106 Å². The average molecular weight is 244 g/mol. The molecule has 0 fully saturated rings. The lowest BCUT2D eigenvalue weighted by atomic mass is 10.1. The first-order chi connectivity index (χ1) is 8.81. The minimum absolute atomic E-state index is 0.245. The molecule has 94 valence electrons. The fraction of sp³-hybridized carbons (Fsp3) is 0.200.